The number of carbonyl (C=O) groups excluding carboxylic acids is 1. The van der Waals surface area contributed by atoms with Crippen LogP contribution in [0, 0.1) is 0 Å². The lowest BCUT2D eigenvalue weighted by molar-refractivity contribution is -0.122. The molecule has 20 heavy (non-hydrogen) atoms. The monoisotopic (exact) mass is 283 g/mol. The molecule has 0 aromatic carbocycles. The summed E-state index contributed by atoms with van der Waals surface area (Å²) in [7, 11) is 0. The Morgan fingerprint density at radius 3 is 2.35 bits per heavy atom. The van der Waals surface area contributed by atoms with E-state index < -0.39 is 0 Å². The summed E-state index contributed by atoms with van der Waals surface area (Å²) in [6.45, 7) is 10.9. The van der Waals surface area contributed by atoms with E-state index in [9.17, 15) is 4.79 Å². The summed E-state index contributed by atoms with van der Waals surface area (Å²) in [5.41, 5.74) is 5.10. The normalized spacial score (nSPS) is 29.8. The predicted molar refractivity (Wildman–Crippen MR) is 79.4 cm³/mol. The zero-order chi connectivity index (χ0) is 15.0. The lowest BCUT2D eigenvalue weighted by Crippen LogP contribution is -2.56. The van der Waals surface area contributed by atoms with Gasteiger partial charge in [0.1, 0.15) is 0 Å². The van der Waals surface area contributed by atoms with E-state index in [4.69, 9.17) is 10.5 Å². The van der Waals surface area contributed by atoms with Gasteiger partial charge in [-0.1, -0.05) is 0 Å². The molecular formula is C15H29N3O2. The van der Waals surface area contributed by atoms with Crippen LogP contribution in [0.2, 0.25) is 0 Å². The number of nitrogens with two attached hydrogens (primary N) is 1. The van der Waals surface area contributed by atoms with Gasteiger partial charge >= 0.3 is 0 Å². The molecule has 0 saturated carbocycles. The molecule has 3 N–H and O–H groups in total. The second-order valence-corrected chi connectivity index (χ2v) is 7.30. The van der Waals surface area contributed by atoms with Gasteiger partial charge in [0.2, 0.25) is 5.91 Å². The molecule has 0 aromatic rings. The molecule has 2 fully saturated rings. The van der Waals surface area contributed by atoms with E-state index >= 15 is 0 Å². The average molecular weight is 283 g/mol. The highest BCUT2D eigenvalue weighted by atomic mass is 16.5. The summed E-state index contributed by atoms with van der Waals surface area (Å²) in [5, 5.41) is 3.38. The molecule has 0 spiro atoms. The van der Waals surface area contributed by atoms with Gasteiger partial charge in [0.05, 0.1) is 17.7 Å². The fraction of sp³-hybridized carbons (Fsp3) is 0.933. The number of piperidine rings is 1. The minimum atomic E-state index is -0.246. The number of hydrogen-bond donors (Lipinski definition) is 2. The number of amides is 1. The van der Waals surface area contributed by atoms with Gasteiger partial charge in [-0.15, -0.1) is 0 Å². The van der Waals surface area contributed by atoms with Crippen molar-refractivity contribution in [2.75, 3.05) is 19.6 Å². The van der Waals surface area contributed by atoms with Crippen LogP contribution >= 0.6 is 0 Å². The van der Waals surface area contributed by atoms with Gasteiger partial charge in [0.15, 0.2) is 0 Å². The third kappa shape index (κ3) is 3.51. The molecule has 2 aliphatic rings. The molecule has 0 aromatic heterocycles. The topological polar surface area (TPSA) is 67.6 Å². The van der Waals surface area contributed by atoms with Crippen molar-refractivity contribution in [3.63, 3.8) is 0 Å². The third-order valence-corrected chi connectivity index (χ3v) is 4.54. The third-order valence-electron chi connectivity index (χ3n) is 4.54. The molecule has 5 nitrogen and oxygen atoms in total. The molecule has 116 valence electrons. The van der Waals surface area contributed by atoms with Crippen molar-refractivity contribution < 1.29 is 9.53 Å². The number of carbonyl (C=O) groups is 1. The zero-order valence-electron chi connectivity index (χ0n) is 13.2. The summed E-state index contributed by atoms with van der Waals surface area (Å²) >= 11 is 0. The molecule has 2 rings (SSSR count). The van der Waals surface area contributed by atoms with Gasteiger partial charge in [0, 0.05) is 12.1 Å². The molecule has 5 heteroatoms. The van der Waals surface area contributed by atoms with E-state index in [0.29, 0.717) is 12.6 Å². The van der Waals surface area contributed by atoms with Crippen LogP contribution in [0.1, 0.15) is 47.0 Å². The Morgan fingerprint density at radius 1 is 1.30 bits per heavy atom. The summed E-state index contributed by atoms with van der Waals surface area (Å²) in [5.74, 6) is -0.246. The highest BCUT2D eigenvalue weighted by Crippen LogP contribution is 2.41. The maximum absolute atomic E-state index is 11.5. The fourth-order valence-electron chi connectivity index (χ4n) is 3.86. The van der Waals surface area contributed by atoms with E-state index in [0.717, 1.165) is 32.4 Å². The Morgan fingerprint density at radius 2 is 1.90 bits per heavy atom. The Kier molecular flexibility index (Phi) is 4.42. The number of nitrogens with zero attached hydrogens (tertiary/aromatic N) is 1. The fourth-order valence-corrected chi connectivity index (χ4v) is 3.86. The minimum Gasteiger partial charge on any atom is -0.369 e. The molecule has 1 unspecified atom stereocenters. The first-order valence-electron chi connectivity index (χ1n) is 7.66. The molecule has 2 heterocycles. The highest BCUT2D eigenvalue weighted by Gasteiger charge is 2.49. The van der Waals surface area contributed by atoms with Crippen LogP contribution in [0.25, 0.3) is 0 Å². The summed E-state index contributed by atoms with van der Waals surface area (Å²) in [4.78, 5) is 13.8. The molecule has 2 saturated heterocycles. The van der Waals surface area contributed by atoms with Crippen LogP contribution < -0.4 is 11.1 Å². The molecule has 2 aliphatic heterocycles. The SMILES string of the molecule is CC1(C)CC(N(CC(N)=O)C2CCNCC2)C(C)(C)O1. The van der Waals surface area contributed by atoms with Crippen molar-refractivity contribution in [1.82, 2.24) is 10.2 Å². The number of ether oxygens (including phenoxy) is 1. The largest absolute Gasteiger partial charge is 0.369 e. The summed E-state index contributed by atoms with van der Waals surface area (Å²) < 4.78 is 6.19. The van der Waals surface area contributed by atoms with Gasteiger partial charge in [-0.2, -0.15) is 0 Å². The number of rotatable bonds is 4. The minimum absolute atomic E-state index is 0.142. The van der Waals surface area contributed by atoms with Crippen molar-refractivity contribution in [2.24, 2.45) is 5.73 Å². The molecule has 0 bridgehead atoms. The lowest BCUT2D eigenvalue weighted by Gasteiger charge is -2.42. The van der Waals surface area contributed by atoms with Crippen LogP contribution in [0.4, 0.5) is 0 Å². The lowest BCUT2D eigenvalue weighted by atomic mass is 9.90. The van der Waals surface area contributed by atoms with E-state index in [1.54, 1.807) is 0 Å². The smallest absolute Gasteiger partial charge is 0.231 e. The first kappa shape index (κ1) is 15.7. The van der Waals surface area contributed by atoms with Crippen LogP contribution in [0.3, 0.4) is 0 Å². The van der Waals surface area contributed by atoms with Crippen LogP contribution in [0.5, 0.6) is 0 Å². The highest BCUT2D eigenvalue weighted by molar-refractivity contribution is 5.76. The molecule has 1 amide bonds. The van der Waals surface area contributed by atoms with Gasteiger partial charge in [0.25, 0.3) is 0 Å². The number of hydrogen-bond acceptors (Lipinski definition) is 4. The summed E-state index contributed by atoms with van der Waals surface area (Å²) in [6.07, 6.45) is 3.08. The van der Waals surface area contributed by atoms with Crippen LogP contribution in [-0.4, -0.2) is 53.7 Å². The van der Waals surface area contributed by atoms with Crippen LogP contribution in [0.15, 0.2) is 0 Å². The number of primary amides is 1. The zero-order valence-corrected chi connectivity index (χ0v) is 13.2. The van der Waals surface area contributed by atoms with Crippen molar-refractivity contribution in [2.45, 2.75) is 70.2 Å². The Labute approximate surface area is 122 Å². The molecule has 1 atom stereocenters. The van der Waals surface area contributed by atoms with Gasteiger partial charge in [-0.25, -0.2) is 0 Å². The average Bonchev–Trinajstić information content (AvgIpc) is 2.55. The van der Waals surface area contributed by atoms with E-state index in [1.165, 1.54) is 0 Å². The van der Waals surface area contributed by atoms with Gasteiger partial charge < -0.3 is 15.8 Å². The molecular weight excluding hydrogens is 254 g/mol. The quantitative estimate of drug-likeness (QED) is 0.803. The van der Waals surface area contributed by atoms with Crippen molar-refractivity contribution >= 4 is 5.91 Å². The van der Waals surface area contributed by atoms with Crippen molar-refractivity contribution in [1.29, 1.82) is 0 Å². The van der Waals surface area contributed by atoms with E-state index in [-0.39, 0.29) is 23.2 Å². The predicted octanol–water partition coefficient (Wildman–Crippen LogP) is 0.872. The first-order valence-corrected chi connectivity index (χ1v) is 7.66. The van der Waals surface area contributed by atoms with Gasteiger partial charge in [-0.3, -0.25) is 9.69 Å². The Hall–Kier alpha value is -0.650. The molecule has 0 aliphatic carbocycles. The standard InChI is InChI=1S/C15H29N3O2/c1-14(2)9-12(15(3,4)20-14)18(10-13(16)19)11-5-7-17-8-6-11/h11-12,17H,5-10H2,1-4H3,(H2,16,19). The van der Waals surface area contributed by atoms with E-state index in [1.807, 2.05) is 0 Å². The van der Waals surface area contributed by atoms with E-state index in [2.05, 4.69) is 37.9 Å². The first-order chi connectivity index (χ1) is 9.21. The second-order valence-electron chi connectivity index (χ2n) is 7.30. The molecule has 0 radical (unpaired) electrons. The number of nitrogens with one attached hydrogen (secondary N) is 1. The Bertz CT molecular complexity index is 362. The van der Waals surface area contributed by atoms with Gasteiger partial charge in [-0.05, 0) is 60.0 Å². The van der Waals surface area contributed by atoms with Crippen LogP contribution in [-0.2, 0) is 9.53 Å². The second kappa shape index (κ2) is 5.62. The summed E-state index contributed by atoms with van der Waals surface area (Å²) in [6, 6.07) is 0.665. The maximum Gasteiger partial charge on any atom is 0.231 e. The Balaban J connectivity index is 2.19. The van der Waals surface area contributed by atoms with Crippen molar-refractivity contribution in [3.8, 4) is 0 Å². The maximum atomic E-state index is 11.5. The van der Waals surface area contributed by atoms with Crippen molar-refractivity contribution in [3.05, 3.63) is 0 Å².